The van der Waals surface area contributed by atoms with Crippen LogP contribution in [0.1, 0.15) is 44.1 Å². The number of nitrogens with zero attached hydrogens (tertiary/aromatic N) is 1. The highest BCUT2D eigenvalue weighted by atomic mass is 19.1. The third kappa shape index (κ3) is 4.64. The van der Waals surface area contributed by atoms with Gasteiger partial charge in [0.25, 0.3) is 0 Å². The molecule has 3 rings (SSSR count). The number of carbonyl (C=O) groups is 1. The van der Waals surface area contributed by atoms with E-state index < -0.39 is 0 Å². The van der Waals surface area contributed by atoms with Crippen LogP contribution < -0.4 is 5.32 Å². The van der Waals surface area contributed by atoms with Gasteiger partial charge in [-0.1, -0.05) is 37.5 Å². The molecule has 0 atom stereocenters. The third-order valence-corrected chi connectivity index (χ3v) is 4.82. The summed E-state index contributed by atoms with van der Waals surface area (Å²) < 4.78 is 13.2. The molecule has 124 valence electrons. The lowest BCUT2D eigenvalue weighted by molar-refractivity contribution is -0.118. The number of rotatable bonds is 4. The molecule has 4 heteroatoms. The Bertz CT molecular complexity index is 578. The Balaban J connectivity index is 1.50. The van der Waals surface area contributed by atoms with E-state index >= 15 is 0 Å². The highest BCUT2D eigenvalue weighted by molar-refractivity contribution is 5.93. The van der Waals surface area contributed by atoms with Crippen molar-refractivity contribution in [3.63, 3.8) is 0 Å². The molecule has 0 radical (unpaired) electrons. The summed E-state index contributed by atoms with van der Waals surface area (Å²) in [6, 6.07) is 7.09. The van der Waals surface area contributed by atoms with Gasteiger partial charge in [-0.15, -0.1) is 0 Å². The molecule has 23 heavy (non-hydrogen) atoms. The van der Waals surface area contributed by atoms with Crippen LogP contribution >= 0.6 is 0 Å². The van der Waals surface area contributed by atoms with Crippen molar-refractivity contribution in [2.45, 2.75) is 51.1 Å². The molecule has 0 aromatic heterocycles. The average molecular weight is 316 g/mol. The van der Waals surface area contributed by atoms with Crippen molar-refractivity contribution in [3.05, 3.63) is 47.3 Å². The fourth-order valence-corrected chi connectivity index (χ4v) is 3.48. The molecule has 1 fully saturated rings. The van der Waals surface area contributed by atoms with Gasteiger partial charge in [0.15, 0.2) is 0 Å². The first-order valence-electron chi connectivity index (χ1n) is 8.67. The van der Waals surface area contributed by atoms with Crippen LogP contribution in [0.15, 0.2) is 35.9 Å². The largest absolute Gasteiger partial charge is 0.350 e. The molecule has 1 heterocycles. The molecule has 1 aromatic carbocycles. The summed E-state index contributed by atoms with van der Waals surface area (Å²) in [6.07, 6.45) is 8.78. The molecule has 2 aliphatic rings. The maximum Gasteiger partial charge on any atom is 0.247 e. The van der Waals surface area contributed by atoms with Crippen molar-refractivity contribution in [1.82, 2.24) is 10.2 Å². The first-order valence-corrected chi connectivity index (χ1v) is 8.67. The van der Waals surface area contributed by atoms with Gasteiger partial charge in [-0.25, -0.2) is 4.39 Å². The number of benzene rings is 1. The minimum absolute atomic E-state index is 0.113. The van der Waals surface area contributed by atoms with Crippen molar-refractivity contribution in [2.24, 2.45) is 0 Å². The summed E-state index contributed by atoms with van der Waals surface area (Å²) in [4.78, 5) is 14.6. The van der Waals surface area contributed by atoms with E-state index in [1.54, 1.807) is 12.1 Å². The van der Waals surface area contributed by atoms with Crippen LogP contribution in [0.4, 0.5) is 4.39 Å². The zero-order valence-electron chi connectivity index (χ0n) is 13.6. The third-order valence-electron chi connectivity index (χ3n) is 4.82. The van der Waals surface area contributed by atoms with Gasteiger partial charge in [0, 0.05) is 31.2 Å². The van der Waals surface area contributed by atoms with Gasteiger partial charge in [0.1, 0.15) is 5.82 Å². The summed E-state index contributed by atoms with van der Waals surface area (Å²) in [6.45, 7) is 2.33. The molecule has 1 saturated carbocycles. The van der Waals surface area contributed by atoms with E-state index in [2.05, 4.69) is 10.2 Å². The molecule has 1 N–H and O–H groups in total. The standard InChI is InChI=1S/C19H25FN2O/c20-17-6-4-5-15(13-17)14-22-11-9-16(10-12-22)19(23)21-18-7-2-1-3-8-18/h4-6,9,13,18H,1-3,7-8,10-12,14H2,(H,21,23). The Morgan fingerprint density at radius 2 is 2.09 bits per heavy atom. The second-order valence-electron chi connectivity index (χ2n) is 6.65. The van der Waals surface area contributed by atoms with Gasteiger partial charge in [-0.3, -0.25) is 9.69 Å². The summed E-state index contributed by atoms with van der Waals surface area (Å²) >= 11 is 0. The normalized spacial score (nSPS) is 20.1. The predicted molar refractivity (Wildman–Crippen MR) is 89.4 cm³/mol. The molecule has 0 spiro atoms. The van der Waals surface area contributed by atoms with Crippen molar-refractivity contribution >= 4 is 5.91 Å². The van der Waals surface area contributed by atoms with E-state index in [1.165, 1.54) is 25.3 Å². The van der Waals surface area contributed by atoms with Gasteiger partial charge < -0.3 is 5.32 Å². The van der Waals surface area contributed by atoms with Gasteiger partial charge >= 0.3 is 0 Å². The van der Waals surface area contributed by atoms with Crippen LogP contribution in [0.3, 0.4) is 0 Å². The summed E-state index contributed by atoms with van der Waals surface area (Å²) in [5, 5.41) is 3.19. The second-order valence-corrected chi connectivity index (χ2v) is 6.65. The van der Waals surface area contributed by atoms with Crippen LogP contribution in [0.25, 0.3) is 0 Å². The van der Waals surface area contributed by atoms with Gasteiger partial charge in [-0.05, 0) is 37.0 Å². The second kappa shape index (κ2) is 7.73. The van der Waals surface area contributed by atoms with Crippen LogP contribution in [0.5, 0.6) is 0 Å². The topological polar surface area (TPSA) is 32.3 Å². The number of halogens is 1. The molecule has 0 bridgehead atoms. The maximum atomic E-state index is 13.2. The first-order chi connectivity index (χ1) is 11.2. The van der Waals surface area contributed by atoms with Crippen LogP contribution in [0, 0.1) is 5.82 Å². The van der Waals surface area contributed by atoms with Gasteiger partial charge in [0.2, 0.25) is 5.91 Å². The molecule has 0 unspecified atom stereocenters. The molecule has 1 aliphatic heterocycles. The van der Waals surface area contributed by atoms with E-state index in [9.17, 15) is 9.18 Å². The summed E-state index contributed by atoms with van der Waals surface area (Å²) in [5.74, 6) is -0.0788. The van der Waals surface area contributed by atoms with Crippen LogP contribution in [-0.2, 0) is 11.3 Å². The molecule has 1 aromatic rings. The molecule has 3 nitrogen and oxygen atoms in total. The van der Waals surface area contributed by atoms with E-state index in [1.807, 2.05) is 12.1 Å². The van der Waals surface area contributed by atoms with E-state index in [0.29, 0.717) is 6.04 Å². The highest BCUT2D eigenvalue weighted by Crippen LogP contribution is 2.19. The van der Waals surface area contributed by atoms with Gasteiger partial charge in [0.05, 0.1) is 0 Å². The molecule has 1 aliphatic carbocycles. The molecule has 1 amide bonds. The fourth-order valence-electron chi connectivity index (χ4n) is 3.48. The number of hydrogen-bond donors (Lipinski definition) is 1. The smallest absolute Gasteiger partial charge is 0.247 e. The Morgan fingerprint density at radius 1 is 1.26 bits per heavy atom. The fraction of sp³-hybridized carbons (Fsp3) is 0.526. The van der Waals surface area contributed by atoms with Crippen molar-refractivity contribution in [1.29, 1.82) is 0 Å². The minimum atomic E-state index is -0.192. The lowest BCUT2D eigenvalue weighted by atomic mass is 9.95. The average Bonchev–Trinajstić information content (AvgIpc) is 2.56. The number of hydrogen-bond acceptors (Lipinski definition) is 2. The minimum Gasteiger partial charge on any atom is -0.350 e. The summed E-state index contributed by atoms with van der Waals surface area (Å²) in [7, 11) is 0. The quantitative estimate of drug-likeness (QED) is 0.923. The maximum absolute atomic E-state index is 13.2. The van der Waals surface area contributed by atoms with Crippen molar-refractivity contribution < 1.29 is 9.18 Å². The number of nitrogens with one attached hydrogen (secondary N) is 1. The Labute approximate surface area is 137 Å². The zero-order valence-corrected chi connectivity index (χ0v) is 13.6. The van der Waals surface area contributed by atoms with Crippen molar-refractivity contribution in [2.75, 3.05) is 13.1 Å². The van der Waals surface area contributed by atoms with E-state index in [-0.39, 0.29) is 11.7 Å². The van der Waals surface area contributed by atoms with Gasteiger partial charge in [-0.2, -0.15) is 0 Å². The SMILES string of the molecule is O=C(NC1CCCCC1)C1=CCN(Cc2cccc(F)c2)CC1. The Morgan fingerprint density at radius 3 is 2.78 bits per heavy atom. The lowest BCUT2D eigenvalue weighted by Gasteiger charge is -2.28. The predicted octanol–water partition coefficient (Wildman–Crippen LogP) is 3.41. The molecular weight excluding hydrogens is 291 g/mol. The number of amides is 1. The van der Waals surface area contributed by atoms with Crippen LogP contribution in [0.2, 0.25) is 0 Å². The van der Waals surface area contributed by atoms with Crippen LogP contribution in [-0.4, -0.2) is 29.9 Å². The monoisotopic (exact) mass is 316 g/mol. The Hall–Kier alpha value is -1.68. The molecular formula is C19H25FN2O. The van der Waals surface area contributed by atoms with Crippen molar-refractivity contribution in [3.8, 4) is 0 Å². The van der Waals surface area contributed by atoms with E-state index in [4.69, 9.17) is 0 Å². The molecule has 0 saturated heterocycles. The zero-order chi connectivity index (χ0) is 16.1. The lowest BCUT2D eigenvalue weighted by Crippen LogP contribution is -2.39. The summed E-state index contributed by atoms with van der Waals surface area (Å²) in [5.41, 5.74) is 1.89. The van der Waals surface area contributed by atoms with E-state index in [0.717, 1.165) is 50.0 Å². The first kappa shape index (κ1) is 16.2. The highest BCUT2D eigenvalue weighted by Gasteiger charge is 2.20. The number of carbonyl (C=O) groups excluding carboxylic acids is 1. The Kier molecular flexibility index (Phi) is 5.44.